The van der Waals surface area contributed by atoms with Crippen LogP contribution in [-0.2, 0) is 16.0 Å². The van der Waals surface area contributed by atoms with Crippen LogP contribution >= 0.6 is 11.6 Å². The molecule has 5 nitrogen and oxygen atoms in total. The third-order valence-electron chi connectivity index (χ3n) is 5.55. The molecule has 0 aromatic heterocycles. The molecule has 0 spiro atoms. The molecule has 1 saturated heterocycles. The van der Waals surface area contributed by atoms with Gasteiger partial charge in [0.25, 0.3) is 0 Å². The molecule has 1 fully saturated rings. The van der Waals surface area contributed by atoms with Crippen molar-refractivity contribution in [2.24, 2.45) is 0 Å². The van der Waals surface area contributed by atoms with E-state index in [0.29, 0.717) is 31.1 Å². The molecule has 1 N–H and O–H groups in total. The van der Waals surface area contributed by atoms with E-state index in [0.717, 1.165) is 31.6 Å². The van der Waals surface area contributed by atoms with Gasteiger partial charge in [0, 0.05) is 37.7 Å². The van der Waals surface area contributed by atoms with E-state index in [1.165, 1.54) is 31.3 Å². The molecule has 6 heteroatoms. The molecule has 28 heavy (non-hydrogen) atoms. The van der Waals surface area contributed by atoms with Gasteiger partial charge in [0.2, 0.25) is 11.8 Å². The number of allylic oxidation sites excluding steroid dienone is 1. The van der Waals surface area contributed by atoms with Crippen LogP contribution in [0.4, 0.5) is 0 Å². The summed E-state index contributed by atoms with van der Waals surface area (Å²) >= 11 is 6.15. The summed E-state index contributed by atoms with van der Waals surface area (Å²) in [4.78, 5) is 28.7. The second-order valence-corrected chi connectivity index (χ2v) is 8.04. The smallest absolute Gasteiger partial charge is 0.234 e. The van der Waals surface area contributed by atoms with Crippen LogP contribution in [0.5, 0.6) is 0 Å². The number of hydrogen-bond donors (Lipinski definition) is 1. The molecule has 1 aromatic rings. The van der Waals surface area contributed by atoms with E-state index in [-0.39, 0.29) is 11.8 Å². The van der Waals surface area contributed by atoms with E-state index in [1.807, 2.05) is 29.2 Å². The molecule has 0 saturated carbocycles. The van der Waals surface area contributed by atoms with Gasteiger partial charge in [0.05, 0.1) is 13.0 Å². The molecule has 0 atom stereocenters. The Morgan fingerprint density at radius 3 is 2.57 bits per heavy atom. The minimum atomic E-state index is 0.0762. The van der Waals surface area contributed by atoms with Gasteiger partial charge in [0.15, 0.2) is 0 Å². The summed E-state index contributed by atoms with van der Waals surface area (Å²) in [6.07, 6.45) is 8.56. The Balaban J connectivity index is 1.34. The molecule has 0 bridgehead atoms. The van der Waals surface area contributed by atoms with Crippen molar-refractivity contribution in [2.75, 3.05) is 39.3 Å². The minimum absolute atomic E-state index is 0.0762. The first-order chi connectivity index (χ1) is 13.6. The van der Waals surface area contributed by atoms with Gasteiger partial charge >= 0.3 is 0 Å². The topological polar surface area (TPSA) is 52.7 Å². The first-order valence-electron chi connectivity index (χ1n) is 10.3. The largest absolute Gasteiger partial charge is 0.355 e. The first-order valence-corrected chi connectivity index (χ1v) is 10.7. The molecule has 1 heterocycles. The Morgan fingerprint density at radius 1 is 1.07 bits per heavy atom. The minimum Gasteiger partial charge on any atom is -0.355 e. The predicted octanol–water partition coefficient (Wildman–Crippen LogP) is 3.03. The summed E-state index contributed by atoms with van der Waals surface area (Å²) in [5, 5.41) is 3.67. The van der Waals surface area contributed by atoms with Crippen LogP contribution in [0.25, 0.3) is 0 Å². The molecule has 3 rings (SSSR count). The number of benzene rings is 1. The number of halogens is 1. The number of piperazine rings is 1. The Morgan fingerprint density at radius 2 is 1.86 bits per heavy atom. The third kappa shape index (κ3) is 6.35. The number of nitrogens with zero attached hydrogens (tertiary/aromatic N) is 2. The van der Waals surface area contributed by atoms with Crippen molar-refractivity contribution < 1.29 is 9.59 Å². The monoisotopic (exact) mass is 403 g/mol. The zero-order chi connectivity index (χ0) is 19.8. The lowest BCUT2D eigenvalue weighted by Gasteiger charge is -2.34. The van der Waals surface area contributed by atoms with Gasteiger partial charge in [-0.15, -0.1) is 0 Å². The molecular weight excluding hydrogens is 374 g/mol. The number of carbonyl (C=O) groups excluding carboxylic acids is 2. The number of amides is 2. The summed E-state index contributed by atoms with van der Waals surface area (Å²) < 4.78 is 0. The van der Waals surface area contributed by atoms with Crippen LogP contribution in [0.15, 0.2) is 35.9 Å². The van der Waals surface area contributed by atoms with Crippen molar-refractivity contribution in [3.05, 3.63) is 46.5 Å². The average molecular weight is 404 g/mol. The second kappa shape index (κ2) is 10.6. The normalized spacial score (nSPS) is 17.9. The standard InChI is InChI=1S/C22H30ClN3O2/c23-20-9-5-4-8-19(20)16-22(28)26-14-12-25(13-15-26)17-21(27)24-11-10-18-6-2-1-3-7-18/h4-6,8-9H,1-3,7,10-17H2,(H,24,27). The van der Waals surface area contributed by atoms with Gasteiger partial charge in [-0.2, -0.15) is 0 Å². The van der Waals surface area contributed by atoms with E-state index < -0.39 is 0 Å². The molecule has 152 valence electrons. The van der Waals surface area contributed by atoms with Crippen molar-refractivity contribution in [1.29, 1.82) is 0 Å². The van der Waals surface area contributed by atoms with Crippen LogP contribution in [0.3, 0.4) is 0 Å². The van der Waals surface area contributed by atoms with Gasteiger partial charge in [-0.1, -0.05) is 41.4 Å². The Hall–Kier alpha value is -1.85. The summed E-state index contributed by atoms with van der Waals surface area (Å²) in [5.74, 6) is 0.171. The number of carbonyl (C=O) groups is 2. The molecule has 2 aliphatic rings. The van der Waals surface area contributed by atoms with Crippen LogP contribution in [0.2, 0.25) is 5.02 Å². The Kier molecular flexibility index (Phi) is 7.92. The molecule has 1 aliphatic carbocycles. The SMILES string of the molecule is O=C(CN1CCN(C(=O)Cc2ccccc2Cl)CC1)NCCC1=CCCCC1. The van der Waals surface area contributed by atoms with Gasteiger partial charge in [-0.3, -0.25) is 14.5 Å². The highest BCUT2D eigenvalue weighted by Gasteiger charge is 2.22. The average Bonchev–Trinajstić information content (AvgIpc) is 2.71. The van der Waals surface area contributed by atoms with E-state index >= 15 is 0 Å². The lowest BCUT2D eigenvalue weighted by atomic mass is 9.97. The maximum absolute atomic E-state index is 12.5. The molecule has 0 unspecified atom stereocenters. The molecule has 1 aromatic carbocycles. The summed E-state index contributed by atoms with van der Waals surface area (Å²) in [6.45, 7) is 3.90. The molecule has 0 radical (unpaired) electrons. The summed E-state index contributed by atoms with van der Waals surface area (Å²) in [6, 6.07) is 7.47. The quantitative estimate of drug-likeness (QED) is 0.712. The fourth-order valence-corrected chi connectivity index (χ4v) is 4.03. The van der Waals surface area contributed by atoms with Gasteiger partial charge in [-0.05, 0) is 43.7 Å². The van der Waals surface area contributed by atoms with Crippen LogP contribution < -0.4 is 5.32 Å². The van der Waals surface area contributed by atoms with E-state index in [4.69, 9.17) is 11.6 Å². The Bertz CT molecular complexity index is 711. The summed E-state index contributed by atoms with van der Waals surface area (Å²) in [7, 11) is 0. The lowest BCUT2D eigenvalue weighted by Crippen LogP contribution is -2.51. The fourth-order valence-electron chi connectivity index (χ4n) is 3.83. The van der Waals surface area contributed by atoms with Gasteiger partial charge < -0.3 is 10.2 Å². The van der Waals surface area contributed by atoms with Crippen molar-refractivity contribution in [1.82, 2.24) is 15.1 Å². The van der Waals surface area contributed by atoms with Crippen molar-refractivity contribution in [3.8, 4) is 0 Å². The van der Waals surface area contributed by atoms with Crippen LogP contribution in [0, 0.1) is 0 Å². The van der Waals surface area contributed by atoms with Crippen LogP contribution in [-0.4, -0.2) is 60.9 Å². The number of nitrogens with one attached hydrogen (secondary N) is 1. The zero-order valence-electron chi connectivity index (χ0n) is 16.5. The Labute approximate surface area is 172 Å². The second-order valence-electron chi connectivity index (χ2n) is 7.63. The summed E-state index contributed by atoms with van der Waals surface area (Å²) in [5.41, 5.74) is 2.35. The first kappa shape index (κ1) is 20.9. The highest BCUT2D eigenvalue weighted by molar-refractivity contribution is 6.31. The lowest BCUT2D eigenvalue weighted by molar-refractivity contribution is -0.132. The van der Waals surface area contributed by atoms with Crippen molar-refractivity contribution in [3.63, 3.8) is 0 Å². The van der Waals surface area contributed by atoms with E-state index in [2.05, 4.69) is 16.3 Å². The maximum atomic E-state index is 12.5. The van der Waals surface area contributed by atoms with Crippen molar-refractivity contribution in [2.45, 2.75) is 38.5 Å². The highest BCUT2D eigenvalue weighted by atomic mass is 35.5. The van der Waals surface area contributed by atoms with Gasteiger partial charge in [0.1, 0.15) is 0 Å². The molecule has 2 amide bonds. The maximum Gasteiger partial charge on any atom is 0.234 e. The zero-order valence-corrected chi connectivity index (χ0v) is 17.2. The van der Waals surface area contributed by atoms with Crippen molar-refractivity contribution >= 4 is 23.4 Å². The van der Waals surface area contributed by atoms with Crippen LogP contribution in [0.1, 0.15) is 37.7 Å². The number of hydrogen-bond acceptors (Lipinski definition) is 3. The number of rotatable bonds is 7. The highest BCUT2D eigenvalue weighted by Crippen LogP contribution is 2.19. The predicted molar refractivity (Wildman–Crippen MR) is 112 cm³/mol. The third-order valence-corrected chi connectivity index (χ3v) is 5.91. The fraction of sp³-hybridized carbons (Fsp3) is 0.545. The molecule has 1 aliphatic heterocycles. The van der Waals surface area contributed by atoms with E-state index in [9.17, 15) is 9.59 Å². The molecular formula is C22H30ClN3O2. The van der Waals surface area contributed by atoms with Gasteiger partial charge in [-0.25, -0.2) is 0 Å². The van der Waals surface area contributed by atoms with E-state index in [1.54, 1.807) is 0 Å².